The molecule has 4 aromatic rings. The highest BCUT2D eigenvalue weighted by Crippen LogP contribution is 2.34. The van der Waals surface area contributed by atoms with E-state index >= 15 is 0 Å². The second kappa shape index (κ2) is 8.78. The molecule has 0 N–H and O–H groups in total. The number of furan rings is 1. The van der Waals surface area contributed by atoms with E-state index in [2.05, 4.69) is 4.98 Å². The molecule has 4 rings (SSSR count). The molecule has 0 aliphatic carbocycles. The number of hydrogen-bond donors (Lipinski definition) is 0. The van der Waals surface area contributed by atoms with E-state index in [1.54, 1.807) is 37.3 Å². The van der Waals surface area contributed by atoms with E-state index in [4.69, 9.17) is 4.42 Å². The van der Waals surface area contributed by atoms with Crippen LogP contribution in [0.1, 0.15) is 49.2 Å². The molecule has 0 bridgehead atoms. The van der Waals surface area contributed by atoms with Gasteiger partial charge in [-0.15, -0.1) is 0 Å². The third-order valence-electron chi connectivity index (χ3n) is 5.52. The molecule has 2 heterocycles. The highest BCUT2D eigenvalue weighted by atomic mass is 32.2. The lowest BCUT2D eigenvalue weighted by Gasteiger charge is -2.23. The number of benzene rings is 2. The number of para-hydroxylation sites is 1. The van der Waals surface area contributed by atoms with Crippen molar-refractivity contribution >= 4 is 49.3 Å². The molecule has 0 unspecified atom stereocenters. The Labute approximate surface area is 192 Å². The van der Waals surface area contributed by atoms with Crippen LogP contribution in [0.15, 0.2) is 64.0 Å². The lowest BCUT2D eigenvalue weighted by Crippen LogP contribution is -2.37. The predicted octanol–water partition coefficient (Wildman–Crippen LogP) is 5.40. The quantitative estimate of drug-likeness (QED) is 0.340. The minimum absolute atomic E-state index is 0.0549. The standard InChI is InChI=1S/C25H24N2O5S/c1-4-5-11-23(29)27(19-12-13-21-20(15-19)24(16(2)28)17(3)32-21)33(30,31)22-10-6-8-18-9-7-14-26-25(18)22/h6-10,12-15H,4-5,11H2,1-3H3. The maximum atomic E-state index is 13.9. The fourth-order valence-corrected chi connectivity index (χ4v) is 5.61. The second-order valence-electron chi connectivity index (χ2n) is 7.87. The summed E-state index contributed by atoms with van der Waals surface area (Å²) in [5.74, 6) is -0.304. The molecule has 170 valence electrons. The normalized spacial score (nSPS) is 11.7. The number of carbonyl (C=O) groups is 2. The summed E-state index contributed by atoms with van der Waals surface area (Å²) in [6, 6.07) is 13.0. The Bertz CT molecular complexity index is 1480. The molecule has 0 atom stereocenters. The first-order valence-electron chi connectivity index (χ1n) is 10.7. The smallest absolute Gasteiger partial charge is 0.273 e. The Balaban J connectivity index is 1.95. The van der Waals surface area contributed by atoms with Crippen LogP contribution in [0.3, 0.4) is 0 Å². The number of Topliss-reactive ketones (excluding diaryl/α,β-unsaturated/α-hetero) is 1. The zero-order valence-corrected chi connectivity index (χ0v) is 19.5. The van der Waals surface area contributed by atoms with Crippen molar-refractivity contribution < 1.29 is 22.4 Å². The van der Waals surface area contributed by atoms with Crippen molar-refractivity contribution in [2.75, 3.05) is 4.31 Å². The summed E-state index contributed by atoms with van der Waals surface area (Å²) in [6.45, 7) is 5.03. The molecule has 2 aromatic heterocycles. The minimum atomic E-state index is -4.30. The molecular formula is C25H24N2O5S. The summed E-state index contributed by atoms with van der Waals surface area (Å²) in [7, 11) is -4.30. The maximum Gasteiger partial charge on any atom is 0.273 e. The monoisotopic (exact) mass is 464 g/mol. The fraction of sp³-hybridized carbons (Fsp3) is 0.240. The van der Waals surface area contributed by atoms with E-state index in [0.717, 1.165) is 10.7 Å². The maximum absolute atomic E-state index is 13.9. The Hall–Kier alpha value is -3.52. The van der Waals surface area contributed by atoms with E-state index < -0.39 is 15.9 Å². The number of aryl methyl sites for hydroxylation is 1. The van der Waals surface area contributed by atoms with Gasteiger partial charge in [-0.2, -0.15) is 0 Å². The van der Waals surface area contributed by atoms with Crippen molar-refractivity contribution in [3.8, 4) is 0 Å². The number of amides is 1. The number of rotatable bonds is 7. The van der Waals surface area contributed by atoms with E-state index in [9.17, 15) is 18.0 Å². The summed E-state index contributed by atoms with van der Waals surface area (Å²) < 4.78 is 34.3. The molecule has 2 aromatic carbocycles. The van der Waals surface area contributed by atoms with Crippen LogP contribution >= 0.6 is 0 Å². The van der Waals surface area contributed by atoms with Crippen LogP contribution in [0.2, 0.25) is 0 Å². The van der Waals surface area contributed by atoms with Crippen LogP contribution in [0.4, 0.5) is 5.69 Å². The van der Waals surface area contributed by atoms with Gasteiger partial charge >= 0.3 is 0 Å². The summed E-state index contributed by atoms with van der Waals surface area (Å²) >= 11 is 0. The number of ketones is 1. The average molecular weight is 465 g/mol. The van der Waals surface area contributed by atoms with Gasteiger partial charge in [0.25, 0.3) is 10.0 Å². The summed E-state index contributed by atoms with van der Waals surface area (Å²) in [4.78, 5) is 29.7. The topological polar surface area (TPSA) is 97.5 Å². The van der Waals surface area contributed by atoms with E-state index in [0.29, 0.717) is 34.1 Å². The van der Waals surface area contributed by atoms with Crippen molar-refractivity contribution in [3.63, 3.8) is 0 Å². The molecular weight excluding hydrogens is 440 g/mol. The third-order valence-corrected chi connectivity index (χ3v) is 7.30. The second-order valence-corrected chi connectivity index (χ2v) is 9.62. The van der Waals surface area contributed by atoms with E-state index in [-0.39, 0.29) is 28.3 Å². The Morgan fingerprint density at radius 2 is 1.85 bits per heavy atom. The zero-order valence-electron chi connectivity index (χ0n) is 18.7. The lowest BCUT2D eigenvalue weighted by molar-refractivity contribution is -0.117. The highest BCUT2D eigenvalue weighted by molar-refractivity contribution is 7.93. The molecule has 0 spiro atoms. The van der Waals surface area contributed by atoms with Crippen molar-refractivity contribution in [2.45, 2.75) is 44.9 Å². The first kappa shape index (κ1) is 22.7. The van der Waals surface area contributed by atoms with Crippen molar-refractivity contribution in [1.82, 2.24) is 4.98 Å². The number of carbonyl (C=O) groups excluding carboxylic acids is 2. The molecule has 0 saturated carbocycles. The average Bonchev–Trinajstić information content (AvgIpc) is 3.12. The van der Waals surface area contributed by atoms with Gasteiger partial charge in [-0.25, -0.2) is 12.7 Å². The number of unbranched alkanes of at least 4 members (excludes halogenated alkanes) is 1. The number of hydrogen-bond acceptors (Lipinski definition) is 6. The Kier molecular flexibility index (Phi) is 6.03. The Morgan fingerprint density at radius 1 is 1.09 bits per heavy atom. The van der Waals surface area contributed by atoms with Gasteiger partial charge < -0.3 is 4.42 Å². The van der Waals surface area contributed by atoms with E-state index in [1.807, 2.05) is 6.92 Å². The molecule has 0 fully saturated rings. The third kappa shape index (κ3) is 4.02. The van der Waals surface area contributed by atoms with Gasteiger partial charge in [-0.3, -0.25) is 14.6 Å². The van der Waals surface area contributed by atoms with Crippen molar-refractivity contribution in [2.24, 2.45) is 0 Å². The molecule has 0 aliphatic heterocycles. The van der Waals surface area contributed by atoms with Gasteiger partial charge in [0.05, 0.1) is 16.8 Å². The van der Waals surface area contributed by atoms with Crippen LogP contribution in [0.5, 0.6) is 0 Å². The van der Waals surface area contributed by atoms with E-state index in [1.165, 1.54) is 31.3 Å². The molecule has 33 heavy (non-hydrogen) atoms. The number of sulfonamides is 1. The number of nitrogens with zero attached hydrogens (tertiary/aromatic N) is 2. The van der Waals surface area contributed by atoms with Crippen molar-refractivity contribution in [1.29, 1.82) is 0 Å². The highest BCUT2D eigenvalue weighted by Gasteiger charge is 2.33. The van der Waals surface area contributed by atoms with Crippen LogP contribution in [-0.2, 0) is 14.8 Å². The predicted molar refractivity (Wildman–Crippen MR) is 127 cm³/mol. The first-order chi connectivity index (χ1) is 15.8. The molecule has 1 amide bonds. The first-order valence-corrected chi connectivity index (χ1v) is 12.2. The van der Waals surface area contributed by atoms with Gasteiger partial charge in [0.2, 0.25) is 5.91 Å². The largest absolute Gasteiger partial charge is 0.461 e. The molecule has 0 aliphatic rings. The zero-order chi connectivity index (χ0) is 23.8. The van der Waals surface area contributed by atoms with Crippen molar-refractivity contribution in [3.05, 3.63) is 66.1 Å². The number of fused-ring (bicyclic) bond motifs is 2. The van der Waals surface area contributed by atoms with Gasteiger partial charge in [0.1, 0.15) is 16.2 Å². The molecule has 0 saturated heterocycles. The van der Waals surface area contributed by atoms with Gasteiger partial charge in [0.15, 0.2) is 5.78 Å². The Morgan fingerprint density at radius 3 is 2.58 bits per heavy atom. The van der Waals surface area contributed by atoms with Crippen LogP contribution in [-0.4, -0.2) is 25.1 Å². The molecule has 7 nitrogen and oxygen atoms in total. The fourth-order valence-electron chi connectivity index (χ4n) is 4.00. The van der Waals surface area contributed by atoms with Crippen LogP contribution < -0.4 is 4.31 Å². The van der Waals surface area contributed by atoms with Gasteiger partial charge in [-0.05, 0) is 50.6 Å². The number of aromatic nitrogens is 1. The van der Waals surface area contributed by atoms with Gasteiger partial charge in [0, 0.05) is 23.4 Å². The lowest BCUT2D eigenvalue weighted by atomic mass is 10.1. The summed E-state index contributed by atoms with van der Waals surface area (Å²) in [5.41, 5.74) is 1.27. The number of anilines is 1. The molecule has 8 heteroatoms. The SMILES string of the molecule is CCCCC(=O)N(c1ccc2oc(C)c(C(C)=O)c2c1)S(=O)(=O)c1cccc2cccnc12. The molecule has 0 radical (unpaired) electrons. The summed E-state index contributed by atoms with van der Waals surface area (Å²) in [6.07, 6.45) is 2.87. The van der Waals surface area contributed by atoms with Gasteiger partial charge in [-0.1, -0.05) is 31.5 Å². The summed E-state index contributed by atoms with van der Waals surface area (Å²) in [5, 5.41) is 1.12. The number of pyridine rings is 1. The van der Waals surface area contributed by atoms with Crippen LogP contribution in [0.25, 0.3) is 21.9 Å². The van der Waals surface area contributed by atoms with Crippen LogP contribution in [0, 0.1) is 6.92 Å². The minimum Gasteiger partial charge on any atom is -0.461 e.